The average molecular weight is 247 g/mol. The van der Waals surface area contributed by atoms with E-state index in [9.17, 15) is 5.11 Å². The van der Waals surface area contributed by atoms with E-state index in [0.29, 0.717) is 24.1 Å². The van der Waals surface area contributed by atoms with Gasteiger partial charge in [0.25, 0.3) is 0 Å². The molecule has 0 saturated carbocycles. The Bertz CT molecular complexity index is 522. The van der Waals surface area contributed by atoms with E-state index in [1.807, 2.05) is 6.07 Å². The highest BCUT2D eigenvalue weighted by Crippen LogP contribution is 2.20. The number of benzene rings is 1. The van der Waals surface area contributed by atoms with Crippen LogP contribution < -0.4 is 5.73 Å². The molecule has 0 aliphatic heterocycles. The summed E-state index contributed by atoms with van der Waals surface area (Å²) < 4.78 is 5.16. The average Bonchev–Trinajstić information content (AvgIpc) is 2.77. The number of phenols is 1. The van der Waals surface area contributed by atoms with Crippen molar-refractivity contribution >= 4 is 0 Å². The van der Waals surface area contributed by atoms with Crippen molar-refractivity contribution in [3.8, 4) is 17.1 Å². The molecular weight excluding hydrogens is 230 g/mol. The number of phenolic OH excluding ortho intramolecular Hbond substituents is 1. The third kappa shape index (κ3) is 2.87. The standard InChI is InChI=1S/C13H17N3O2/c1-8(2)11(14)7-12-15-13(16-18-12)9-4-3-5-10(17)6-9/h3-6,8,11,17H,7,14H2,1-2H3. The van der Waals surface area contributed by atoms with E-state index < -0.39 is 0 Å². The van der Waals surface area contributed by atoms with Gasteiger partial charge in [0.05, 0.1) is 0 Å². The van der Waals surface area contributed by atoms with E-state index in [1.165, 1.54) is 0 Å². The van der Waals surface area contributed by atoms with Crippen LogP contribution in [0, 0.1) is 5.92 Å². The minimum absolute atomic E-state index is 0.00229. The summed E-state index contributed by atoms with van der Waals surface area (Å²) in [5.74, 6) is 1.53. The SMILES string of the molecule is CC(C)C(N)Cc1nc(-c2cccc(O)c2)no1. The van der Waals surface area contributed by atoms with Gasteiger partial charge in [-0.15, -0.1) is 0 Å². The third-order valence-electron chi connectivity index (χ3n) is 2.84. The number of nitrogens with two attached hydrogens (primary N) is 1. The molecule has 0 aliphatic rings. The van der Waals surface area contributed by atoms with Crippen LogP contribution in [0.15, 0.2) is 28.8 Å². The first-order chi connectivity index (χ1) is 8.56. The molecule has 0 aliphatic carbocycles. The lowest BCUT2D eigenvalue weighted by Crippen LogP contribution is -2.28. The zero-order chi connectivity index (χ0) is 13.1. The van der Waals surface area contributed by atoms with Crippen LogP contribution in [0.3, 0.4) is 0 Å². The predicted molar refractivity (Wildman–Crippen MR) is 67.9 cm³/mol. The molecule has 0 radical (unpaired) electrons. The van der Waals surface area contributed by atoms with Crippen molar-refractivity contribution in [2.24, 2.45) is 11.7 Å². The molecule has 5 heteroatoms. The van der Waals surface area contributed by atoms with E-state index in [1.54, 1.807) is 18.2 Å². The molecule has 1 heterocycles. The smallest absolute Gasteiger partial charge is 0.228 e. The fourth-order valence-corrected chi connectivity index (χ4v) is 1.54. The van der Waals surface area contributed by atoms with Crippen molar-refractivity contribution in [3.63, 3.8) is 0 Å². The molecule has 0 amide bonds. The zero-order valence-electron chi connectivity index (χ0n) is 10.5. The fourth-order valence-electron chi connectivity index (χ4n) is 1.54. The Balaban J connectivity index is 2.15. The maximum atomic E-state index is 9.39. The van der Waals surface area contributed by atoms with Crippen LogP contribution in [0.4, 0.5) is 0 Å². The largest absolute Gasteiger partial charge is 0.508 e. The van der Waals surface area contributed by atoms with Crippen molar-refractivity contribution in [3.05, 3.63) is 30.2 Å². The quantitative estimate of drug-likeness (QED) is 0.862. The summed E-state index contributed by atoms with van der Waals surface area (Å²) in [5, 5.41) is 13.3. The lowest BCUT2D eigenvalue weighted by Gasteiger charge is -2.11. The highest BCUT2D eigenvalue weighted by atomic mass is 16.5. The summed E-state index contributed by atoms with van der Waals surface area (Å²) in [7, 11) is 0. The van der Waals surface area contributed by atoms with Gasteiger partial charge >= 0.3 is 0 Å². The molecule has 1 unspecified atom stereocenters. The molecule has 0 spiro atoms. The van der Waals surface area contributed by atoms with Gasteiger partial charge in [-0.3, -0.25) is 0 Å². The van der Waals surface area contributed by atoms with Gasteiger partial charge in [0.2, 0.25) is 11.7 Å². The number of rotatable bonds is 4. The molecule has 5 nitrogen and oxygen atoms in total. The van der Waals surface area contributed by atoms with E-state index in [-0.39, 0.29) is 11.8 Å². The Labute approximate surface area is 106 Å². The van der Waals surface area contributed by atoms with Gasteiger partial charge in [0.1, 0.15) is 5.75 Å². The van der Waals surface area contributed by atoms with Crippen LogP contribution in [0.25, 0.3) is 11.4 Å². The van der Waals surface area contributed by atoms with E-state index in [4.69, 9.17) is 10.3 Å². The number of hydrogen-bond acceptors (Lipinski definition) is 5. The Morgan fingerprint density at radius 1 is 1.39 bits per heavy atom. The van der Waals surface area contributed by atoms with Crippen molar-refractivity contribution in [1.82, 2.24) is 10.1 Å². The van der Waals surface area contributed by atoms with Crippen LogP contribution in [-0.2, 0) is 6.42 Å². The van der Waals surface area contributed by atoms with E-state index >= 15 is 0 Å². The highest BCUT2D eigenvalue weighted by Gasteiger charge is 2.14. The third-order valence-corrected chi connectivity index (χ3v) is 2.84. The monoisotopic (exact) mass is 247 g/mol. The minimum Gasteiger partial charge on any atom is -0.508 e. The minimum atomic E-state index is 0.00229. The van der Waals surface area contributed by atoms with Gasteiger partial charge < -0.3 is 15.4 Å². The lowest BCUT2D eigenvalue weighted by molar-refractivity contribution is 0.353. The summed E-state index contributed by atoms with van der Waals surface area (Å²) in [4.78, 5) is 4.28. The van der Waals surface area contributed by atoms with Crippen molar-refractivity contribution < 1.29 is 9.63 Å². The van der Waals surface area contributed by atoms with Gasteiger partial charge in [-0.05, 0) is 18.1 Å². The maximum Gasteiger partial charge on any atom is 0.228 e. The topological polar surface area (TPSA) is 85.2 Å². The van der Waals surface area contributed by atoms with Crippen molar-refractivity contribution in [2.75, 3.05) is 0 Å². The molecule has 1 atom stereocenters. The molecule has 0 bridgehead atoms. The first kappa shape index (κ1) is 12.6. The second kappa shape index (κ2) is 5.18. The molecule has 2 aromatic rings. The van der Waals surface area contributed by atoms with Crippen molar-refractivity contribution in [2.45, 2.75) is 26.3 Å². The summed E-state index contributed by atoms with van der Waals surface area (Å²) in [6.07, 6.45) is 0.559. The number of aromatic nitrogens is 2. The summed E-state index contributed by atoms with van der Waals surface area (Å²) >= 11 is 0. The summed E-state index contributed by atoms with van der Waals surface area (Å²) in [6, 6.07) is 6.75. The normalized spacial score (nSPS) is 12.9. The predicted octanol–water partition coefficient (Wildman–Crippen LogP) is 1.97. The first-order valence-corrected chi connectivity index (χ1v) is 5.94. The van der Waals surface area contributed by atoms with E-state index in [0.717, 1.165) is 5.56 Å². The zero-order valence-corrected chi connectivity index (χ0v) is 10.5. The lowest BCUT2D eigenvalue weighted by atomic mass is 10.0. The van der Waals surface area contributed by atoms with E-state index in [2.05, 4.69) is 24.0 Å². The van der Waals surface area contributed by atoms with Crippen LogP contribution >= 0.6 is 0 Å². The van der Waals surface area contributed by atoms with Gasteiger partial charge in [-0.25, -0.2) is 0 Å². The van der Waals surface area contributed by atoms with Crippen LogP contribution in [0.1, 0.15) is 19.7 Å². The number of hydrogen-bond donors (Lipinski definition) is 2. The molecule has 2 rings (SSSR count). The molecule has 96 valence electrons. The van der Waals surface area contributed by atoms with Crippen molar-refractivity contribution in [1.29, 1.82) is 0 Å². The first-order valence-electron chi connectivity index (χ1n) is 5.94. The van der Waals surface area contributed by atoms with Crippen LogP contribution in [-0.4, -0.2) is 21.3 Å². The molecule has 0 fully saturated rings. The Morgan fingerprint density at radius 3 is 2.83 bits per heavy atom. The molecule has 1 aromatic carbocycles. The second-order valence-corrected chi connectivity index (χ2v) is 4.67. The summed E-state index contributed by atoms with van der Waals surface area (Å²) in [5.41, 5.74) is 6.68. The Hall–Kier alpha value is -1.88. The molecule has 3 N–H and O–H groups in total. The fraction of sp³-hybridized carbons (Fsp3) is 0.385. The molecular formula is C13H17N3O2. The Kier molecular flexibility index (Phi) is 3.62. The van der Waals surface area contributed by atoms with Gasteiger partial charge in [0, 0.05) is 18.0 Å². The van der Waals surface area contributed by atoms with Gasteiger partial charge in [0.15, 0.2) is 0 Å². The molecule has 18 heavy (non-hydrogen) atoms. The van der Waals surface area contributed by atoms with Crippen LogP contribution in [0.5, 0.6) is 5.75 Å². The Morgan fingerprint density at radius 2 is 2.17 bits per heavy atom. The molecule has 1 aromatic heterocycles. The second-order valence-electron chi connectivity index (χ2n) is 4.67. The number of aromatic hydroxyl groups is 1. The van der Waals surface area contributed by atoms with Gasteiger partial charge in [-0.1, -0.05) is 31.1 Å². The summed E-state index contributed by atoms with van der Waals surface area (Å²) in [6.45, 7) is 4.11. The molecule has 0 saturated heterocycles. The maximum absolute atomic E-state index is 9.39. The number of nitrogens with zero attached hydrogens (tertiary/aromatic N) is 2. The van der Waals surface area contributed by atoms with Crippen LogP contribution in [0.2, 0.25) is 0 Å². The van der Waals surface area contributed by atoms with Gasteiger partial charge in [-0.2, -0.15) is 4.98 Å². The highest BCUT2D eigenvalue weighted by molar-refractivity contribution is 5.56.